The van der Waals surface area contributed by atoms with Crippen LogP contribution in [0, 0.1) is 5.92 Å². The van der Waals surface area contributed by atoms with Crippen LogP contribution in [0.25, 0.3) is 0 Å². The number of nitrogens with one attached hydrogen (secondary N) is 2. The first-order valence-electron chi connectivity index (χ1n) is 6.61. The Morgan fingerprint density at radius 2 is 2.37 bits per heavy atom. The second-order valence-corrected chi connectivity index (χ2v) is 6.19. The van der Waals surface area contributed by atoms with Crippen molar-refractivity contribution in [2.45, 2.75) is 25.7 Å². The van der Waals surface area contributed by atoms with Gasteiger partial charge in [0.25, 0.3) is 0 Å². The van der Waals surface area contributed by atoms with Crippen LogP contribution in [0.3, 0.4) is 0 Å². The van der Waals surface area contributed by atoms with Crippen LogP contribution < -0.4 is 10.6 Å². The largest absolute Gasteiger partial charge is 0.326 e. The Morgan fingerprint density at radius 3 is 3.05 bits per heavy atom. The van der Waals surface area contributed by atoms with Crippen molar-refractivity contribution < 1.29 is 4.79 Å². The van der Waals surface area contributed by atoms with E-state index < -0.39 is 0 Å². The van der Waals surface area contributed by atoms with Gasteiger partial charge in [0.1, 0.15) is 0 Å². The Balaban J connectivity index is 1.78. The van der Waals surface area contributed by atoms with Gasteiger partial charge in [-0.2, -0.15) is 0 Å². The topological polar surface area (TPSA) is 41.1 Å². The summed E-state index contributed by atoms with van der Waals surface area (Å²) >= 11 is 9.32. The lowest BCUT2D eigenvalue weighted by Crippen LogP contribution is -2.30. The van der Waals surface area contributed by atoms with Crippen LogP contribution in [0.4, 0.5) is 5.69 Å². The maximum atomic E-state index is 11.9. The van der Waals surface area contributed by atoms with E-state index in [1.54, 1.807) is 6.07 Å². The second-order valence-electron chi connectivity index (χ2n) is 4.93. The van der Waals surface area contributed by atoms with Crippen molar-refractivity contribution in [1.29, 1.82) is 0 Å². The minimum atomic E-state index is 0.0592. The predicted molar refractivity (Wildman–Crippen MR) is 82.6 cm³/mol. The molecule has 1 aromatic rings. The van der Waals surface area contributed by atoms with E-state index in [9.17, 15) is 4.79 Å². The van der Waals surface area contributed by atoms with Gasteiger partial charge in [-0.3, -0.25) is 4.79 Å². The molecular weight excluding hydrogens is 328 g/mol. The van der Waals surface area contributed by atoms with Gasteiger partial charge >= 0.3 is 0 Å². The Labute approximate surface area is 127 Å². The van der Waals surface area contributed by atoms with Crippen molar-refractivity contribution in [2.75, 3.05) is 18.4 Å². The summed E-state index contributed by atoms with van der Waals surface area (Å²) in [5.41, 5.74) is 0.750. The lowest BCUT2D eigenvalue weighted by atomic mass is 9.94. The molecule has 0 radical (unpaired) electrons. The van der Waals surface area contributed by atoms with Gasteiger partial charge < -0.3 is 10.6 Å². The zero-order chi connectivity index (χ0) is 13.7. The second kappa shape index (κ2) is 7.27. The van der Waals surface area contributed by atoms with Gasteiger partial charge in [-0.15, -0.1) is 0 Å². The molecule has 5 heteroatoms. The van der Waals surface area contributed by atoms with Gasteiger partial charge in [-0.1, -0.05) is 11.6 Å². The number of benzene rings is 1. The van der Waals surface area contributed by atoms with E-state index in [0.717, 1.165) is 29.7 Å². The molecule has 1 unspecified atom stereocenters. The minimum absolute atomic E-state index is 0.0592. The van der Waals surface area contributed by atoms with Crippen LogP contribution in [0.5, 0.6) is 0 Å². The molecule has 0 bridgehead atoms. The zero-order valence-corrected chi connectivity index (χ0v) is 13.1. The Bertz CT molecular complexity index is 447. The number of carbonyl (C=O) groups is 1. The average molecular weight is 346 g/mol. The quantitative estimate of drug-likeness (QED) is 0.871. The molecule has 0 saturated carbocycles. The Kier molecular flexibility index (Phi) is 5.67. The zero-order valence-electron chi connectivity index (χ0n) is 10.7. The summed E-state index contributed by atoms with van der Waals surface area (Å²) < 4.78 is 0.834. The number of hydrogen-bond acceptors (Lipinski definition) is 2. The molecule has 19 heavy (non-hydrogen) atoms. The van der Waals surface area contributed by atoms with Gasteiger partial charge in [-0.05, 0) is 72.4 Å². The van der Waals surface area contributed by atoms with Gasteiger partial charge in [0, 0.05) is 16.6 Å². The number of rotatable bonds is 4. The van der Waals surface area contributed by atoms with Crippen molar-refractivity contribution in [3.63, 3.8) is 0 Å². The standard InChI is InChI=1S/C14H18BrClN2O/c15-12-5-4-11(8-13(12)16)18-14(19)6-3-10-2-1-7-17-9-10/h4-5,8,10,17H,1-3,6-7,9H2,(H,18,19). The summed E-state index contributed by atoms with van der Waals surface area (Å²) in [6.45, 7) is 2.15. The Hall–Kier alpha value is -0.580. The molecule has 1 saturated heterocycles. The number of amides is 1. The van der Waals surface area contributed by atoms with Crippen molar-refractivity contribution in [3.8, 4) is 0 Å². The molecule has 2 N–H and O–H groups in total. The van der Waals surface area contributed by atoms with Crippen molar-refractivity contribution in [1.82, 2.24) is 5.32 Å². The van der Waals surface area contributed by atoms with E-state index in [2.05, 4.69) is 26.6 Å². The molecule has 3 nitrogen and oxygen atoms in total. The summed E-state index contributed by atoms with van der Waals surface area (Å²) in [6.07, 6.45) is 3.96. The predicted octanol–water partition coefficient (Wildman–Crippen LogP) is 3.82. The van der Waals surface area contributed by atoms with E-state index in [-0.39, 0.29) is 5.91 Å². The van der Waals surface area contributed by atoms with E-state index in [1.807, 2.05) is 12.1 Å². The summed E-state index contributed by atoms with van der Waals surface area (Å²) in [6, 6.07) is 5.44. The molecular formula is C14H18BrClN2O. The molecule has 1 amide bonds. The summed E-state index contributed by atoms with van der Waals surface area (Å²) in [4.78, 5) is 11.9. The summed E-state index contributed by atoms with van der Waals surface area (Å²) in [5.74, 6) is 0.692. The van der Waals surface area contributed by atoms with Gasteiger partial charge in [0.05, 0.1) is 5.02 Å². The highest BCUT2D eigenvalue weighted by molar-refractivity contribution is 9.10. The average Bonchev–Trinajstić information content (AvgIpc) is 2.42. The lowest BCUT2D eigenvalue weighted by Gasteiger charge is -2.22. The molecule has 0 spiro atoms. The van der Waals surface area contributed by atoms with Crippen LogP contribution >= 0.6 is 27.5 Å². The number of anilines is 1. The van der Waals surface area contributed by atoms with Crippen LogP contribution in [0.1, 0.15) is 25.7 Å². The van der Waals surface area contributed by atoms with E-state index in [1.165, 1.54) is 12.8 Å². The molecule has 1 fully saturated rings. The third kappa shape index (κ3) is 4.79. The highest BCUT2D eigenvalue weighted by atomic mass is 79.9. The van der Waals surface area contributed by atoms with Gasteiger partial charge in [-0.25, -0.2) is 0 Å². The third-order valence-electron chi connectivity index (χ3n) is 3.38. The van der Waals surface area contributed by atoms with Crippen molar-refractivity contribution >= 4 is 39.1 Å². The molecule has 1 aromatic carbocycles. The van der Waals surface area contributed by atoms with Crippen LogP contribution in [0.15, 0.2) is 22.7 Å². The monoisotopic (exact) mass is 344 g/mol. The Morgan fingerprint density at radius 1 is 1.53 bits per heavy atom. The van der Waals surface area contributed by atoms with E-state index in [4.69, 9.17) is 11.6 Å². The molecule has 1 aliphatic heterocycles. The number of carbonyl (C=O) groups excluding carboxylic acids is 1. The minimum Gasteiger partial charge on any atom is -0.326 e. The van der Waals surface area contributed by atoms with Crippen LogP contribution in [0.2, 0.25) is 5.02 Å². The lowest BCUT2D eigenvalue weighted by molar-refractivity contribution is -0.116. The van der Waals surface area contributed by atoms with Crippen LogP contribution in [-0.4, -0.2) is 19.0 Å². The summed E-state index contributed by atoms with van der Waals surface area (Å²) in [7, 11) is 0. The molecule has 104 valence electrons. The van der Waals surface area contributed by atoms with Crippen LogP contribution in [-0.2, 0) is 4.79 Å². The molecule has 2 rings (SSSR count). The normalized spacial score (nSPS) is 19.2. The number of piperidine rings is 1. The third-order valence-corrected chi connectivity index (χ3v) is 4.61. The highest BCUT2D eigenvalue weighted by Crippen LogP contribution is 2.25. The first-order chi connectivity index (χ1) is 9.15. The molecule has 1 heterocycles. The van der Waals surface area contributed by atoms with E-state index in [0.29, 0.717) is 17.4 Å². The molecule has 1 atom stereocenters. The first-order valence-corrected chi connectivity index (χ1v) is 7.78. The van der Waals surface area contributed by atoms with Gasteiger partial charge in [0.15, 0.2) is 0 Å². The maximum absolute atomic E-state index is 11.9. The number of hydrogen-bond donors (Lipinski definition) is 2. The van der Waals surface area contributed by atoms with Gasteiger partial charge in [0.2, 0.25) is 5.91 Å². The maximum Gasteiger partial charge on any atom is 0.224 e. The fraction of sp³-hybridized carbons (Fsp3) is 0.500. The van der Waals surface area contributed by atoms with E-state index >= 15 is 0 Å². The first kappa shape index (κ1) is 14.8. The van der Waals surface area contributed by atoms with Crippen molar-refractivity contribution in [2.24, 2.45) is 5.92 Å². The SMILES string of the molecule is O=C(CCC1CCCNC1)Nc1ccc(Br)c(Cl)c1. The molecule has 1 aliphatic rings. The van der Waals surface area contributed by atoms with Crippen molar-refractivity contribution in [3.05, 3.63) is 27.7 Å². The molecule has 0 aromatic heterocycles. The number of halogens is 2. The summed E-state index contributed by atoms with van der Waals surface area (Å²) in [5, 5.41) is 6.86. The smallest absolute Gasteiger partial charge is 0.224 e. The fourth-order valence-electron chi connectivity index (χ4n) is 2.30. The molecule has 0 aliphatic carbocycles. The fourth-order valence-corrected chi connectivity index (χ4v) is 2.73. The highest BCUT2D eigenvalue weighted by Gasteiger charge is 2.14.